The van der Waals surface area contributed by atoms with E-state index < -0.39 is 0 Å². The Morgan fingerprint density at radius 1 is 1.56 bits per heavy atom. The van der Waals surface area contributed by atoms with Gasteiger partial charge in [-0.3, -0.25) is 9.20 Å². The molecule has 1 unspecified atom stereocenters. The summed E-state index contributed by atoms with van der Waals surface area (Å²) < 4.78 is 2.39. The minimum Gasteiger partial charge on any atom is -0.329 e. The van der Waals surface area contributed by atoms with Crippen molar-refractivity contribution in [1.29, 1.82) is 0 Å². The largest absolute Gasteiger partial charge is 0.329 e. The number of thioether (sulfide) groups is 1. The number of pyridine rings is 1. The SMILES string of the molecule is CC(CN)SCc1cc(=O)n2cc(Br)ccc2n1. The Morgan fingerprint density at radius 3 is 3.06 bits per heavy atom. The van der Waals surface area contributed by atoms with E-state index in [2.05, 4.69) is 27.8 Å². The molecule has 0 aliphatic heterocycles. The van der Waals surface area contributed by atoms with Crippen molar-refractivity contribution < 1.29 is 0 Å². The number of nitrogens with zero attached hydrogens (tertiary/aromatic N) is 2. The van der Waals surface area contributed by atoms with Crippen LogP contribution in [0.4, 0.5) is 0 Å². The molecule has 2 aromatic rings. The molecule has 4 nitrogen and oxygen atoms in total. The summed E-state index contributed by atoms with van der Waals surface area (Å²) in [6, 6.07) is 5.28. The first-order valence-corrected chi connectivity index (χ1v) is 7.44. The second kappa shape index (κ2) is 5.86. The molecule has 2 rings (SSSR count). The molecule has 2 N–H and O–H groups in total. The number of halogens is 1. The number of hydrogen-bond acceptors (Lipinski definition) is 4. The first-order valence-electron chi connectivity index (χ1n) is 5.59. The van der Waals surface area contributed by atoms with Crippen LogP contribution in [0.15, 0.2) is 33.7 Å². The van der Waals surface area contributed by atoms with Crippen molar-refractivity contribution in [3.05, 3.63) is 44.9 Å². The number of aromatic nitrogens is 2. The highest BCUT2D eigenvalue weighted by atomic mass is 79.9. The van der Waals surface area contributed by atoms with E-state index in [1.54, 1.807) is 24.0 Å². The Balaban J connectivity index is 2.32. The summed E-state index contributed by atoms with van der Waals surface area (Å²) >= 11 is 5.04. The lowest BCUT2D eigenvalue weighted by molar-refractivity contribution is 0.946. The molecule has 0 fully saturated rings. The van der Waals surface area contributed by atoms with Crippen molar-refractivity contribution >= 4 is 33.3 Å². The van der Waals surface area contributed by atoms with Crippen LogP contribution >= 0.6 is 27.7 Å². The van der Waals surface area contributed by atoms with Crippen LogP contribution in [0.5, 0.6) is 0 Å². The molecule has 1 atom stereocenters. The van der Waals surface area contributed by atoms with Gasteiger partial charge < -0.3 is 5.73 Å². The van der Waals surface area contributed by atoms with E-state index in [9.17, 15) is 4.79 Å². The van der Waals surface area contributed by atoms with Crippen LogP contribution in [0.1, 0.15) is 12.6 Å². The summed E-state index contributed by atoms with van der Waals surface area (Å²) in [4.78, 5) is 16.4. The highest BCUT2D eigenvalue weighted by Gasteiger charge is 2.05. The highest BCUT2D eigenvalue weighted by molar-refractivity contribution is 9.10. The molecule has 6 heteroatoms. The Morgan fingerprint density at radius 2 is 2.33 bits per heavy atom. The molecule has 0 aliphatic rings. The molecule has 0 aliphatic carbocycles. The maximum atomic E-state index is 11.9. The lowest BCUT2D eigenvalue weighted by atomic mass is 10.4. The van der Waals surface area contributed by atoms with Gasteiger partial charge in [-0.15, -0.1) is 0 Å². The van der Waals surface area contributed by atoms with E-state index in [1.165, 1.54) is 4.40 Å². The van der Waals surface area contributed by atoms with Gasteiger partial charge >= 0.3 is 0 Å². The first-order chi connectivity index (χ1) is 8.60. The van der Waals surface area contributed by atoms with Gasteiger partial charge in [-0.05, 0) is 28.1 Å². The number of nitrogens with two attached hydrogens (primary N) is 1. The summed E-state index contributed by atoms with van der Waals surface area (Å²) in [5.41, 5.74) is 6.97. The van der Waals surface area contributed by atoms with E-state index in [-0.39, 0.29) is 5.56 Å². The molecular weight excluding hydrogens is 314 g/mol. The van der Waals surface area contributed by atoms with Crippen LogP contribution in [0.3, 0.4) is 0 Å². The minimum absolute atomic E-state index is 0.0581. The Bertz CT molecular complexity index is 614. The molecule has 2 heterocycles. The average Bonchev–Trinajstić information content (AvgIpc) is 2.37. The van der Waals surface area contributed by atoms with Crippen molar-refractivity contribution in [3.63, 3.8) is 0 Å². The van der Waals surface area contributed by atoms with E-state index in [0.29, 0.717) is 23.2 Å². The fourth-order valence-electron chi connectivity index (χ4n) is 1.50. The molecule has 0 amide bonds. The van der Waals surface area contributed by atoms with Crippen molar-refractivity contribution in [1.82, 2.24) is 9.38 Å². The minimum atomic E-state index is -0.0581. The Hall–Kier alpha value is -0.850. The lowest BCUT2D eigenvalue weighted by Gasteiger charge is -2.08. The highest BCUT2D eigenvalue weighted by Crippen LogP contribution is 2.15. The third kappa shape index (κ3) is 3.13. The van der Waals surface area contributed by atoms with Crippen molar-refractivity contribution in [2.24, 2.45) is 5.73 Å². The fraction of sp³-hybridized carbons (Fsp3) is 0.333. The van der Waals surface area contributed by atoms with E-state index >= 15 is 0 Å². The van der Waals surface area contributed by atoms with Crippen molar-refractivity contribution in [2.45, 2.75) is 17.9 Å². The topological polar surface area (TPSA) is 60.4 Å². The standard InChI is InChI=1S/C12H14BrN3OS/c1-8(5-14)18-7-10-4-12(17)16-6-9(13)2-3-11(16)15-10/h2-4,6,8H,5,7,14H2,1H3. The van der Waals surface area contributed by atoms with Gasteiger partial charge in [-0.25, -0.2) is 4.98 Å². The van der Waals surface area contributed by atoms with Gasteiger partial charge in [0.15, 0.2) is 0 Å². The normalized spacial score (nSPS) is 12.8. The van der Waals surface area contributed by atoms with Crippen molar-refractivity contribution in [2.75, 3.05) is 6.54 Å². The summed E-state index contributed by atoms with van der Waals surface area (Å²) in [6.45, 7) is 2.69. The third-order valence-electron chi connectivity index (χ3n) is 2.52. The summed E-state index contributed by atoms with van der Waals surface area (Å²) in [5, 5.41) is 0.371. The van der Waals surface area contributed by atoms with E-state index in [1.807, 2.05) is 12.1 Å². The van der Waals surface area contributed by atoms with E-state index in [0.717, 1.165) is 10.2 Å². The van der Waals surface area contributed by atoms with Crippen LogP contribution in [-0.2, 0) is 5.75 Å². The molecule has 0 aromatic carbocycles. The average molecular weight is 328 g/mol. The maximum absolute atomic E-state index is 11.9. The Kier molecular flexibility index (Phi) is 4.42. The van der Waals surface area contributed by atoms with Crippen LogP contribution in [0.25, 0.3) is 5.65 Å². The van der Waals surface area contributed by atoms with Crippen LogP contribution in [-0.4, -0.2) is 21.2 Å². The molecule has 0 saturated carbocycles. The second-order valence-corrected chi connectivity index (χ2v) is 6.36. The number of hydrogen-bond donors (Lipinski definition) is 1. The molecule has 96 valence electrons. The summed E-state index contributed by atoms with van der Waals surface area (Å²) in [6.07, 6.45) is 1.73. The van der Waals surface area contributed by atoms with Gasteiger partial charge in [0.1, 0.15) is 5.65 Å². The second-order valence-electron chi connectivity index (χ2n) is 4.02. The summed E-state index contributed by atoms with van der Waals surface area (Å²) in [7, 11) is 0. The predicted octanol–water partition coefficient (Wildman–Crippen LogP) is 2.04. The van der Waals surface area contributed by atoms with Crippen LogP contribution in [0.2, 0.25) is 0 Å². The van der Waals surface area contributed by atoms with Gasteiger partial charge in [-0.1, -0.05) is 6.92 Å². The van der Waals surface area contributed by atoms with Gasteiger partial charge in [-0.2, -0.15) is 11.8 Å². The number of fused-ring (bicyclic) bond motifs is 1. The molecule has 2 aromatic heterocycles. The first kappa shape index (κ1) is 13.6. The number of rotatable bonds is 4. The lowest BCUT2D eigenvalue weighted by Crippen LogP contribution is -2.16. The third-order valence-corrected chi connectivity index (χ3v) is 4.22. The molecule has 0 radical (unpaired) electrons. The summed E-state index contributed by atoms with van der Waals surface area (Å²) in [5.74, 6) is 0.709. The van der Waals surface area contributed by atoms with Gasteiger partial charge in [0.2, 0.25) is 0 Å². The molecule has 18 heavy (non-hydrogen) atoms. The van der Waals surface area contributed by atoms with Gasteiger partial charge in [0.05, 0.1) is 5.69 Å². The van der Waals surface area contributed by atoms with Gasteiger partial charge in [0.25, 0.3) is 5.56 Å². The van der Waals surface area contributed by atoms with Crippen LogP contribution in [0, 0.1) is 0 Å². The zero-order valence-electron chi connectivity index (χ0n) is 9.97. The zero-order valence-corrected chi connectivity index (χ0v) is 12.4. The predicted molar refractivity (Wildman–Crippen MR) is 79.0 cm³/mol. The molecule has 0 saturated heterocycles. The fourth-order valence-corrected chi connectivity index (χ4v) is 2.57. The molecule has 0 spiro atoms. The van der Waals surface area contributed by atoms with Crippen molar-refractivity contribution in [3.8, 4) is 0 Å². The van der Waals surface area contributed by atoms with Gasteiger partial charge in [0, 0.05) is 34.3 Å². The molecule has 0 bridgehead atoms. The van der Waals surface area contributed by atoms with E-state index in [4.69, 9.17) is 5.73 Å². The zero-order chi connectivity index (χ0) is 13.1. The Labute approximate surface area is 118 Å². The molecular formula is C12H14BrN3OS. The monoisotopic (exact) mass is 327 g/mol. The quantitative estimate of drug-likeness (QED) is 0.933. The van der Waals surface area contributed by atoms with Crippen LogP contribution < -0.4 is 11.3 Å². The smallest absolute Gasteiger partial charge is 0.258 e. The maximum Gasteiger partial charge on any atom is 0.258 e.